The maximum atomic E-state index is 13.1. The lowest BCUT2D eigenvalue weighted by atomic mass is 10.1. The molecule has 0 bridgehead atoms. The van der Waals surface area contributed by atoms with E-state index >= 15 is 0 Å². The summed E-state index contributed by atoms with van der Waals surface area (Å²) >= 11 is 0. The van der Waals surface area contributed by atoms with Crippen molar-refractivity contribution in [1.82, 2.24) is 0 Å². The average Bonchev–Trinajstić information content (AvgIpc) is 2.02. The second-order valence-corrected chi connectivity index (χ2v) is 1.72. The van der Waals surface area contributed by atoms with Gasteiger partial charge in [-0.3, -0.25) is 0 Å². The minimum Gasteiger partial charge on any atom is -0.396 e. The van der Waals surface area contributed by atoms with Crippen molar-refractivity contribution in [3.8, 4) is 0 Å². The Bertz CT molecular complexity index is 334. The van der Waals surface area contributed by atoms with E-state index < -0.39 is 24.3 Å². The molecular formula is C8H9FO. The molecule has 10 heavy (non-hydrogen) atoms. The zero-order valence-electron chi connectivity index (χ0n) is 9.13. The highest BCUT2D eigenvalue weighted by Gasteiger charge is 1.96. The molecule has 0 unspecified atom stereocenters. The minimum absolute atomic E-state index is 0.493. The van der Waals surface area contributed by atoms with Gasteiger partial charge in [-0.2, -0.15) is 0 Å². The van der Waals surface area contributed by atoms with Gasteiger partial charge in [-0.1, -0.05) is 18.2 Å². The highest BCUT2D eigenvalue weighted by molar-refractivity contribution is 5.17. The van der Waals surface area contributed by atoms with Gasteiger partial charge in [-0.25, -0.2) is 4.39 Å². The number of hydrogen-bond acceptors (Lipinski definition) is 1. The Balaban J connectivity index is 3.23. The fourth-order valence-electron chi connectivity index (χ4n) is 0.623. The summed E-state index contributed by atoms with van der Waals surface area (Å²) in [5, 5.41) is 8.91. The highest BCUT2D eigenvalue weighted by atomic mass is 19.1. The van der Waals surface area contributed by atoms with Crippen molar-refractivity contribution >= 4 is 0 Å². The van der Waals surface area contributed by atoms with Crippen LogP contribution in [0, 0.1) is 5.82 Å². The maximum Gasteiger partial charge on any atom is 0.126 e. The largest absolute Gasteiger partial charge is 0.396 e. The summed E-state index contributed by atoms with van der Waals surface area (Å²) in [6.45, 7) is -3.12. The van der Waals surface area contributed by atoms with Crippen molar-refractivity contribution in [1.29, 1.82) is 0 Å². The Morgan fingerprint density at radius 3 is 2.80 bits per heavy atom. The third-order valence-corrected chi connectivity index (χ3v) is 1.06. The van der Waals surface area contributed by atoms with Gasteiger partial charge in [0.05, 0.1) is 2.74 Å². The first-order chi connectivity index (χ1) is 6.27. The maximum absolute atomic E-state index is 13.1. The molecule has 0 saturated heterocycles. The van der Waals surface area contributed by atoms with Gasteiger partial charge in [-0.05, 0) is 18.0 Å². The van der Waals surface area contributed by atoms with Gasteiger partial charge in [0.15, 0.2) is 0 Å². The predicted octanol–water partition coefficient (Wildman–Crippen LogP) is 1.36. The fourth-order valence-corrected chi connectivity index (χ4v) is 0.623. The summed E-state index contributed by atoms with van der Waals surface area (Å²) < 4.78 is 41.3. The van der Waals surface area contributed by atoms with E-state index in [1.807, 2.05) is 0 Å². The Morgan fingerprint density at radius 2 is 2.20 bits per heavy atom. The first-order valence-corrected chi connectivity index (χ1v) is 2.74. The summed E-state index contributed by atoms with van der Waals surface area (Å²) in [5.74, 6) is -0.879. The molecule has 1 N–H and O–H groups in total. The van der Waals surface area contributed by atoms with Crippen LogP contribution in [0.3, 0.4) is 0 Å². The van der Waals surface area contributed by atoms with E-state index in [0.717, 1.165) is 12.1 Å². The molecule has 2 heteroatoms. The molecule has 1 aromatic rings. The molecule has 0 heterocycles. The number of aryl methyl sites for hydroxylation is 1. The van der Waals surface area contributed by atoms with Crippen molar-refractivity contribution in [2.24, 2.45) is 0 Å². The third-order valence-electron chi connectivity index (χ3n) is 1.06. The molecule has 0 fully saturated rings. The van der Waals surface area contributed by atoms with Crippen LogP contribution in [0.4, 0.5) is 4.39 Å². The molecule has 1 nitrogen and oxygen atoms in total. The summed E-state index contributed by atoms with van der Waals surface area (Å²) in [4.78, 5) is 0. The summed E-state index contributed by atoms with van der Waals surface area (Å²) in [6, 6.07) is 4.85. The standard InChI is InChI=1S/C8H9FO/c9-8-4-2-1-3-7(8)5-6-10/h1-4,10H,5-6H2/i5D2,6D2. The van der Waals surface area contributed by atoms with E-state index in [4.69, 9.17) is 10.6 Å². The zero-order chi connectivity index (χ0) is 11.0. The summed E-state index contributed by atoms with van der Waals surface area (Å²) in [7, 11) is 0. The number of hydrogen-bond donors (Lipinski definition) is 1. The number of benzene rings is 1. The Kier molecular flexibility index (Phi) is 1.16. The van der Waals surface area contributed by atoms with Crippen molar-refractivity contribution in [3.63, 3.8) is 0 Å². The molecular weight excluding hydrogens is 131 g/mol. The van der Waals surface area contributed by atoms with E-state index in [2.05, 4.69) is 0 Å². The number of halogens is 1. The fraction of sp³-hybridized carbons (Fsp3) is 0.250. The second-order valence-electron chi connectivity index (χ2n) is 1.72. The lowest BCUT2D eigenvalue weighted by Crippen LogP contribution is -1.93. The number of rotatable bonds is 2. The molecule has 0 atom stereocenters. The predicted molar refractivity (Wildman–Crippen MR) is 37.2 cm³/mol. The van der Waals surface area contributed by atoms with Crippen molar-refractivity contribution in [3.05, 3.63) is 35.6 Å². The quantitative estimate of drug-likeness (QED) is 0.664. The minimum atomic E-state index is -3.12. The van der Waals surface area contributed by atoms with Gasteiger partial charge in [0.2, 0.25) is 0 Å². The van der Waals surface area contributed by atoms with E-state index in [1.54, 1.807) is 0 Å². The van der Waals surface area contributed by atoms with Crippen LogP contribution in [0.15, 0.2) is 24.3 Å². The normalized spacial score (nSPS) is 18.6. The van der Waals surface area contributed by atoms with Crippen LogP contribution in [-0.4, -0.2) is 11.7 Å². The van der Waals surface area contributed by atoms with Crippen LogP contribution in [0.2, 0.25) is 0 Å². The SMILES string of the molecule is [2H]C([2H])(O)C([2H])([2H])c1ccccc1F. The van der Waals surface area contributed by atoms with Gasteiger partial charge in [0, 0.05) is 9.30 Å². The molecule has 0 amide bonds. The summed E-state index contributed by atoms with van der Waals surface area (Å²) in [5.41, 5.74) is -0.493. The van der Waals surface area contributed by atoms with Crippen LogP contribution in [0.5, 0.6) is 0 Å². The van der Waals surface area contributed by atoms with Gasteiger partial charge in [0.1, 0.15) is 5.82 Å². The molecule has 0 radical (unpaired) electrons. The van der Waals surface area contributed by atoms with Gasteiger partial charge < -0.3 is 5.11 Å². The lowest BCUT2D eigenvalue weighted by molar-refractivity contribution is 0.297. The smallest absolute Gasteiger partial charge is 0.126 e. The molecule has 1 rings (SSSR count). The molecule has 0 saturated carbocycles. The lowest BCUT2D eigenvalue weighted by Gasteiger charge is -1.97. The monoisotopic (exact) mass is 144 g/mol. The molecule has 0 aliphatic heterocycles. The van der Waals surface area contributed by atoms with Gasteiger partial charge in [-0.15, -0.1) is 0 Å². The van der Waals surface area contributed by atoms with Crippen LogP contribution in [0.1, 0.15) is 11.0 Å². The van der Waals surface area contributed by atoms with E-state index in [0.29, 0.717) is 0 Å². The Hall–Kier alpha value is -0.890. The van der Waals surface area contributed by atoms with E-state index in [9.17, 15) is 4.39 Å². The Morgan fingerprint density at radius 1 is 1.50 bits per heavy atom. The molecule has 0 aliphatic carbocycles. The molecule has 0 aliphatic rings. The van der Waals surface area contributed by atoms with Gasteiger partial charge in [0.25, 0.3) is 0 Å². The van der Waals surface area contributed by atoms with Crippen LogP contribution >= 0.6 is 0 Å². The van der Waals surface area contributed by atoms with Crippen LogP contribution in [-0.2, 0) is 6.37 Å². The topological polar surface area (TPSA) is 20.2 Å². The van der Waals surface area contributed by atoms with Crippen LogP contribution < -0.4 is 0 Å². The number of aliphatic hydroxyl groups is 1. The third kappa shape index (κ3) is 1.54. The van der Waals surface area contributed by atoms with Crippen molar-refractivity contribution < 1.29 is 15.0 Å². The molecule has 1 aromatic carbocycles. The van der Waals surface area contributed by atoms with Crippen molar-refractivity contribution in [2.45, 2.75) is 6.37 Å². The highest BCUT2D eigenvalue weighted by Crippen LogP contribution is 2.05. The second kappa shape index (κ2) is 3.32. The summed E-state index contributed by atoms with van der Waals surface area (Å²) in [6.07, 6.45) is -2.77. The average molecular weight is 144 g/mol. The molecule has 54 valence electrons. The van der Waals surface area contributed by atoms with E-state index in [-0.39, 0.29) is 0 Å². The molecule has 0 aromatic heterocycles. The van der Waals surface area contributed by atoms with Crippen molar-refractivity contribution in [2.75, 3.05) is 6.56 Å². The first kappa shape index (κ1) is 3.49. The van der Waals surface area contributed by atoms with Crippen LogP contribution in [0.25, 0.3) is 0 Å². The Labute approximate surface area is 64.7 Å². The zero-order valence-corrected chi connectivity index (χ0v) is 5.13. The first-order valence-electron chi connectivity index (χ1n) is 4.74. The van der Waals surface area contributed by atoms with E-state index in [1.165, 1.54) is 12.1 Å². The van der Waals surface area contributed by atoms with Gasteiger partial charge >= 0.3 is 0 Å². The molecule has 0 spiro atoms.